The molecule has 2 heterocycles. The van der Waals surface area contributed by atoms with Gasteiger partial charge in [-0.1, -0.05) is 18.2 Å². The molecule has 2 aromatic rings. The van der Waals surface area contributed by atoms with Crippen molar-refractivity contribution in [1.82, 2.24) is 4.90 Å². The lowest BCUT2D eigenvalue weighted by Crippen LogP contribution is -2.46. The van der Waals surface area contributed by atoms with Gasteiger partial charge in [0.2, 0.25) is 0 Å². The molecule has 2 atom stereocenters. The summed E-state index contributed by atoms with van der Waals surface area (Å²) < 4.78 is 5.33. The van der Waals surface area contributed by atoms with E-state index >= 15 is 0 Å². The molecule has 5 nitrogen and oxygen atoms in total. The fraction of sp³-hybridized carbons (Fsp3) is 0.444. The predicted molar refractivity (Wildman–Crippen MR) is 96.7 cm³/mol. The van der Waals surface area contributed by atoms with Gasteiger partial charge in [0, 0.05) is 24.5 Å². The molecule has 1 aliphatic rings. The minimum absolute atomic E-state index is 0. The maximum Gasteiger partial charge on any atom is 0.349 e. The van der Waals surface area contributed by atoms with E-state index in [-0.39, 0.29) is 35.8 Å². The van der Waals surface area contributed by atoms with Gasteiger partial charge >= 0.3 is 5.63 Å². The zero-order valence-corrected chi connectivity index (χ0v) is 14.8. The number of hydrogen-bond donors (Lipinski definition) is 1. The van der Waals surface area contributed by atoms with Crippen molar-refractivity contribution in [1.29, 1.82) is 0 Å². The summed E-state index contributed by atoms with van der Waals surface area (Å²) in [5.74, 6) is 0.0351. The van der Waals surface area contributed by atoms with E-state index in [2.05, 4.69) is 0 Å². The van der Waals surface area contributed by atoms with Gasteiger partial charge in [-0.2, -0.15) is 0 Å². The van der Waals surface area contributed by atoms with Crippen molar-refractivity contribution >= 4 is 29.3 Å². The van der Waals surface area contributed by atoms with Crippen molar-refractivity contribution in [2.45, 2.75) is 32.7 Å². The van der Waals surface area contributed by atoms with Gasteiger partial charge in [0.15, 0.2) is 0 Å². The minimum atomic E-state index is -0.561. The second kappa shape index (κ2) is 7.36. The highest BCUT2D eigenvalue weighted by Gasteiger charge is 2.29. The van der Waals surface area contributed by atoms with Gasteiger partial charge in [0.05, 0.1) is 0 Å². The van der Waals surface area contributed by atoms with Gasteiger partial charge in [-0.25, -0.2) is 4.79 Å². The first kappa shape index (κ1) is 18.5. The summed E-state index contributed by atoms with van der Waals surface area (Å²) in [6, 6.07) is 7.33. The third kappa shape index (κ3) is 3.32. The maximum absolute atomic E-state index is 12.9. The zero-order valence-electron chi connectivity index (χ0n) is 14.0. The molecule has 1 aromatic carbocycles. The molecule has 0 saturated carbocycles. The standard InChI is InChI=1S/C18H22N2O3.ClH/c1-11-14-7-3-4-8-15(14)23-18(22)16(11)17(21)20-9-5-6-13(10-20)12(2)19;/h3-4,7-8,12-13H,5-6,9-10,19H2,1-2H3;1H. The molecule has 1 saturated heterocycles. The number of rotatable bonds is 2. The van der Waals surface area contributed by atoms with Gasteiger partial charge in [-0.05, 0) is 44.2 Å². The highest BCUT2D eigenvalue weighted by atomic mass is 35.5. The molecule has 0 bridgehead atoms. The predicted octanol–water partition coefficient (Wildman–Crippen LogP) is 2.72. The molecule has 2 unspecified atom stereocenters. The van der Waals surface area contributed by atoms with Crippen molar-refractivity contribution in [2.75, 3.05) is 13.1 Å². The average molecular weight is 351 g/mol. The monoisotopic (exact) mass is 350 g/mol. The Labute approximate surface area is 147 Å². The fourth-order valence-electron chi connectivity index (χ4n) is 3.33. The Kier molecular flexibility index (Phi) is 5.67. The molecule has 1 aliphatic heterocycles. The van der Waals surface area contributed by atoms with E-state index in [0.29, 0.717) is 24.2 Å². The van der Waals surface area contributed by atoms with Crippen LogP contribution in [0.4, 0.5) is 0 Å². The van der Waals surface area contributed by atoms with Crippen LogP contribution in [-0.2, 0) is 0 Å². The highest BCUT2D eigenvalue weighted by molar-refractivity contribution is 5.99. The van der Waals surface area contributed by atoms with Crippen LogP contribution in [0.1, 0.15) is 35.7 Å². The number of fused-ring (bicyclic) bond motifs is 1. The van der Waals surface area contributed by atoms with Gasteiger partial charge < -0.3 is 15.1 Å². The van der Waals surface area contributed by atoms with E-state index < -0.39 is 5.63 Å². The summed E-state index contributed by atoms with van der Waals surface area (Å²) in [6.07, 6.45) is 1.93. The normalized spacial score (nSPS) is 19.0. The minimum Gasteiger partial charge on any atom is -0.422 e. The van der Waals surface area contributed by atoms with Crippen molar-refractivity contribution in [2.24, 2.45) is 11.7 Å². The third-order valence-corrected chi connectivity index (χ3v) is 4.78. The Bertz CT molecular complexity index is 800. The number of carbonyl (C=O) groups is 1. The van der Waals surface area contributed by atoms with Crippen molar-refractivity contribution in [3.05, 3.63) is 45.8 Å². The van der Waals surface area contributed by atoms with E-state index in [9.17, 15) is 9.59 Å². The Morgan fingerprint density at radius 2 is 2.08 bits per heavy atom. The summed E-state index contributed by atoms with van der Waals surface area (Å²) in [5.41, 5.74) is 6.77. The van der Waals surface area contributed by atoms with E-state index in [1.807, 2.05) is 25.1 Å². The maximum atomic E-state index is 12.9. The number of aryl methyl sites for hydroxylation is 1. The molecule has 0 spiro atoms. The summed E-state index contributed by atoms with van der Waals surface area (Å²) in [7, 11) is 0. The van der Waals surface area contributed by atoms with Crippen LogP contribution in [0.15, 0.2) is 33.5 Å². The summed E-state index contributed by atoms with van der Waals surface area (Å²) in [4.78, 5) is 26.9. The Morgan fingerprint density at radius 1 is 1.38 bits per heavy atom. The number of nitrogens with two attached hydrogens (primary N) is 1. The lowest BCUT2D eigenvalue weighted by Gasteiger charge is -2.34. The Balaban J connectivity index is 0.00000208. The summed E-state index contributed by atoms with van der Waals surface area (Å²) >= 11 is 0. The molecule has 2 N–H and O–H groups in total. The Morgan fingerprint density at radius 3 is 2.79 bits per heavy atom. The number of hydrogen-bond acceptors (Lipinski definition) is 4. The van der Waals surface area contributed by atoms with Crippen LogP contribution in [0.5, 0.6) is 0 Å². The largest absolute Gasteiger partial charge is 0.422 e. The molecular weight excluding hydrogens is 328 g/mol. The van der Waals surface area contributed by atoms with Crippen LogP contribution in [0.3, 0.4) is 0 Å². The van der Waals surface area contributed by atoms with Crippen molar-refractivity contribution in [3.8, 4) is 0 Å². The summed E-state index contributed by atoms with van der Waals surface area (Å²) in [5, 5.41) is 0.802. The van der Waals surface area contributed by atoms with Crippen LogP contribution < -0.4 is 11.4 Å². The van der Waals surface area contributed by atoms with Crippen molar-refractivity contribution < 1.29 is 9.21 Å². The lowest BCUT2D eigenvalue weighted by atomic mass is 9.91. The summed E-state index contributed by atoms with van der Waals surface area (Å²) in [6.45, 7) is 5.03. The van der Waals surface area contributed by atoms with Crippen molar-refractivity contribution in [3.63, 3.8) is 0 Å². The number of halogens is 1. The third-order valence-electron chi connectivity index (χ3n) is 4.78. The quantitative estimate of drug-likeness (QED) is 0.845. The van der Waals surface area contributed by atoms with Crippen LogP contribution in [0.2, 0.25) is 0 Å². The first-order valence-corrected chi connectivity index (χ1v) is 8.06. The highest BCUT2D eigenvalue weighted by Crippen LogP contribution is 2.23. The van der Waals surface area contributed by atoms with Crippen LogP contribution >= 0.6 is 12.4 Å². The number of carbonyl (C=O) groups excluding carboxylic acids is 1. The first-order chi connectivity index (χ1) is 11.0. The second-order valence-corrected chi connectivity index (χ2v) is 6.40. The number of benzene rings is 1. The van der Waals surface area contributed by atoms with Gasteiger partial charge in [-0.15, -0.1) is 12.4 Å². The number of likely N-dealkylation sites (tertiary alicyclic amines) is 1. The number of amides is 1. The molecule has 24 heavy (non-hydrogen) atoms. The average Bonchev–Trinajstić information content (AvgIpc) is 2.55. The fourth-order valence-corrected chi connectivity index (χ4v) is 3.33. The topological polar surface area (TPSA) is 76.5 Å². The molecule has 1 aromatic heterocycles. The first-order valence-electron chi connectivity index (χ1n) is 8.06. The molecule has 130 valence electrons. The SMILES string of the molecule is Cc1c(C(=O)N2CCCC(C(C)N)C2)c(=O)oc2ccccc12.Cl. The number of para-hydroxylation sites is 1. The van der Waals surface area contributed by atoms with Crippen LogP contribution in [-0.4, -0.2) is 29.9 Å². The van der Waals surface area contributed by atoms with Crippen LogP contribution in [0, 0.1) is 12.8 Å². The molecule has 0 aliphatic carbocycles. The van der Waals surface area contributed by atoms with Gasteiger partial charge in [0.1, 0.15) is 11.1 Å². The number of piperidine rings is 1. The van der Waals surface area contributed by atoms with Gasteiger partial charge in [-0.3, -0.25) is 4.79 Å². The molecular formula is C18H23ClN2O3. The molecule has 0 radical (unpaired) electrons. The van der Waals surface area contributed by atoms with E-state index in [0.717, 1.165) is 18.2 Å². The smallest absolute Gasteiger partial charge is 0.349 e. The molecule has 1 fully saturated rings. The lowest BCUT2D eigenvalue weighted by molar-refractivity contribution is 0.0656. The van der Waals surface area contributed by atoms with Gasteiger partial charge in [0.25, 0.3) is 5.91 Å². The molecule has 1 amide bonds. The van der Waals surface area contributed by atoms with E-state index in [1.54, 1.807) is 17.9 Å². The molecule has 6 heteroatoms. The molecule has 3 rings (SSSR count). The van der Waals surface area contributed by atoms with Crippen LogP contribution in [0.25, 0.3) is 11.0 Å². The Hall–Kier alpha value is -1.85. The second-order valence-electron chi connectivity index (χ2n) is 6.40. The zero-order chi connectivity index (χ0) is 16.6. The number of nitrogens with zero attached hydrogens (tertiary/aromatic N) is 1. The van der Waals surface area contributed by atoms with E-state index in [4.69, 9.17) is 10.2 Å². The van der Waals surface area contributed by atoms with E-state index in [1.165, 1.54) is 0 Å².